The average Bonchev–Trinajstić information content (AvgIpc) is 3.28. The van der Waals surface area contributed by atoms with E-state index in [9.17, 15) is 4.79 Å². The second kappa shape index (κ2) is 6.90. The SMILES string of the molecule is C[C@@H](c1ccc2c(c1)OCCO2)N(C)C(=O)NCc1n[nH]c2c1CCC2. The van der Waals surface area contributed by atoms with Crippen molar-refractivity contribution in [2.75, 3.05) is 20.3 Å². The highest BCUT2D eigenvalue weighted by Gasteiger charge is 2.22. The molecule has 2 aliphatic rings. The number of nitrogens with one attached hydrogen (secondary N) is 2. The lowest BCUT2D eigenvalue weighted by Gasteiger charge is -2.27. The topological polar surface area (TPSA) is 79.5 Å². The molecule has 2 aromatic rings. The summed E-state index contributed by atoms with van der Waals surface area (Å²) in [6.45, 7) is 3.57. The number of carbonyl (C=O) groups is 1. The molecule has 2 heterocycles. The molecule has 2 amide bonds. The number of aryl methyl sites for hydroxylation is 1. The first kappa shape index (κ1) is 16.8. The molecule has 1 aliphatic heterocycles. The monoisotopic (exact) mass is 356 g/mol. The largest absolute Gasteiger partial charge is 0.486 e. The van der Waals surface area contributed by atoms with Crippen molar-refractivity contribution in [2.24, 2.45) is 0 Å². The van der Waals surface area contributed by atoms with Crippen LogP contribution in [0.4, 0.5) is 4.79 Å². The first-order valence-corrected chi connectivity index (χ1v) is 9.08. The van der Waals surface area contributed by atoms with E-state index in [1.54, 1.807) is 11.9 Å². The first-order chi connectivity index (χ1) is 12.6. The van der Waals surface area contributed by atoms with E-state index in [2.05, 4.69) is 15.5 Å². The minimum absolute atomic E-state index is 0.0873. The number of benzene rings is 1. The summed E-state index contributed by atoms with van der Waals surface area (Å²) in [4.78, 5) is 14.3. The van der Waals surface area contributed by atoms with Gasteiger partial charge in [0.15, 0.2) is 11.5 Å². The predicted octanol–water partition coefficient (Wildman–Crippen LogP) is 2.57. The standard InChI is InChI=1S/C19H24N4O3/c1-12(13-6-7-17-18(10-13)26-9-8-25-17)23(2)19(24)20-11-16-14-4-3-5-15(14)21-22-16/h6-7,10,12H,3-5,8-9,11H2,1-2H3,(H,20,24)(H,21,22)/t12-/m0/s1. The third-order valence-corrected chi connectivity index (χ3v) is 5.25. The summed E-state index contributed by atoms with van der Waals surface area (Å²) >= 11 is 0. The van der Waals surface area contributed by atoms with Gasteiger partial charge in [-0.05, 0) is 49.4 Å². The van der Waals surface area contributed by atoms with Crippen LogP contribution in [0.1, 0.15) is 41.9 Å². The Morgan fingerprint density at radius 2 is 2.12 bits per heavy atom. The van der Waals surface area contributed by atoms with Crippen LogP contribution < -0.4 is 14.8 Å². The van der Waals surface area contributed by atoms with Gasteiger partial charge in [0.1, 0.15) is 13.2 Å². The van der Waals surface area contributed by atoms with Crippen molar-refractivity contribution in [3.05, 3.63) is 40.7 Å². The van der Waals surface area contributed by atoms with Gasteiger partial charge < -0.3 is 19.7 Å². The minimum atomic E-state index is -0.123. The molecule has 0 spiro atoms. The summed E-state index contributed by atoms with van der Waals surface area (Å²) in [6.07, 6.45) is 3.25. The minimum Gasteiger partial charge on any atom is -0.486 e. The smallest absolute Gasteiger partial charge is 0.317 e. The summed E-state index contributed by atoms with van der Waals surface area (Å²) in [5.74, 6) is 1.49. The Morgan fingerprint density at radius 3 is 2.96 bits per heavy atom. The van der Waals surface area contributed by atoms with Crippen LogP contribution in [0, 0.1) is 0 Å². The van der Waals surface area contributed by atoms with Crippen molar-refractivity contribution in [3.63, 3.8) is 0 Å². The van der Waals surface area contributed by atoms with E-state index in [1.807, 2.05) is 25.1 Å². The van der Waals surface area contributed by atoms with Gasteiger partial charge in [0.2, 0.25) is 0 Å². The molecule has 4 rings (SSSR count). The third-order valence-electron chi connectivity index (χ3n) is 5.25. The summed E-state index contributed by atoms with van der Waals surface area (Å²) in [6, 6.07) is 5.61. The summed E-state index contributed by atoms with van der Waals surface area (Å²) in [7, 11) is 1.80. The number of aromatic amines is 1. The Hall–Kier alpha value is -2.70. The lowest BCUT2D eigenvalue weighted by atomic mass is 10.1. The van der Waals surface area contributed by atoms with Crippen LogP contribution in [-0.4, -0.2) is 41.4 Å². The lowest BCUT2D eigenvalue weighted by Crippen LogP contribution is -2.38. The van der Waals surface area contributed by atoms with E-state index in [0.717, 1.165) is 42.0 Å². The summed E-state index contributed by atoms with van der Waals surface area (Å²) < 4.78 is 11.2. The maximum atomic E-state index is 12.6. The van der Waals surface area contributed by atoms with E-state index in [1.165, 1.54) is 11.3 Å². The summed E-state index contributed by atoms with van der Waals surface area (Å²) in [5, 5.41) is 10.4. The molecule has 1 atom stereocenters. The van der Waals surface area contributed by atoms with E-state index >= 15 is 0 Å². The van der Waals surface area contributed by atoms with Crippen molar-refractivity contribution >= 4 is 6.03 Å². The quantitative estimate of drug-likeness (QED) is 0.882. The Bertz CT molecular complexity index is 817. The first-order valence-electron chi connectivity index (χ1n) is 9.08. The molecular formula is C19H24N4O3. The van der Waals surface area contributed by atoms with Crippen molar-refractivity contribution < 1.29 is 14.3 Å². The Labute approximate surface area is 152 Å². The van der Waals surface area contributed by atoms with Gasteiger partial charge in [0.05, 0.1) is 18.3 Å². The van der Waals surface area contributed by atoms with Crippen molar-refractivity contribution in [1.29, 1.82) is 0 Å². The molecule has 138 valence electrons. The molecule has 2 N–H and O–H groups in total. The highest BCUT2D eigenvalue weighted by Crippen LogP contribution is 2.33. The number of urea groups is 1. The van der Waals surface area contributed by atoms with Crippen LogP contribution in [0.25, 0.3) is 0 Å². The van der Waals surface area contributed by atoms with Crippen LogP contribution in [0.3, 0.4) is 0 Å². The van der Waals surface area contributed by atoms with Gasteiger partial charge in [-0.15, -0.1) is 0 Å². The fraction of sp³-hybridized carbons (Fsp3) is 0.474. The summed E-state index contributed by atoms with van der Waals surface area (Å²) in [5.41, 5.74) is 4.44. The van der Waals surface area contributed by atoms with Crippen LogP contribution in [0.15, 0.2) is 18.2 Å². The molecule has 7 heteroatoms. The van der Waals surface area contributed by atoms with E-state index in [4.69, 9.17) is 9.47 Å². The predicted molar refractivity (Wildman–Crippen MR) is 96.5 cm³/mol. The Morgan fingerprint density at radius 1 is 1.31 bits per heavy atom. The maximum Gasteiger partial charge on any atom is 0.317 e. The molecule has 26 heavy (non-hydrogen) atoms. The van der Waals surface area contributed by atoms with Gasteiger partial charge in [-0.2, -0.15) is 5.10 Å². The molecule has 0 fully saturated rings. The van der Waals surface area contributed by atoms with Crippen LogP contribution >= 0.6 is 0 Å². The number of carbonyl (C=O) groups excluding carboxylic acids is 1. The number of H-pyrrole nitrogens is 1. The van der Waals surface area contributed by atoms with Gasteiger partial charge in [-0.3, -0.25) is 5.10 Å². The van der Waals surface area contributed by atoms with E-state index < -0.39 is 0 Å². The van der Waals surface area contributed by atoms with Crippen molar-refractivity contribution in [3.8, 4) is 11.5 Å². The molecule has 0 bridgehead atoms. The van der Waals surface area contributed by atoms with Crippen LogP contribution in [0.2, 0.25) is 0 Å². The maximum absolute atomic E-state index is 12.6. The number of ether oxygens (including phenoxy) is 2. The average molecular weight is 356 g/mol. The number of fused-ring (bicyclic) bond motifs is 2. The van der Waals surface area contributed by atoms with E-state index in [0.29, 0.717) is 19.8 Å². The zero-order valence-corrected chi connectivity index (χ0v) is 15.2. The second-order valence-electron chi connectivity index (χ2n) is 6.83. The third kappa shape index (κ3) is 3.09. The molecule has 1 aliphatic carbocycles. The highest BCUT2D eigenvalue weighted by atomic mass is 16.6. The molecule has 0 radical (unpaired) electrons. The molecule has 0 saturated heterocycles. The molecule has 1 aromatic carbocycles. The number of amides is 2. The normalized spacial score (nSPS) is 16.1. The fourth-order valence-electron chi connectivity index (χ4n) is 3.54. The molecule has 1 aromatic heterocycles. The zero-order valence-electron chi connectivity index (χ0n) is 15.2. The number of hydrogen-bond donors (Lipinski definition) is 2. The van der Waals surface area contributed by atoms with Gasteiger partial charge in [-0.1, -0.05) is 6.07 Å². The van der Waals surface area contributed by atoms with E-state index in [-0.39, 0.29) is 12.1 Å². The second-order valence-corrected chi connectivity index (χ2v) is 6.83. The van der Waals surface area contributed by atoms with Crippen molar-refractivity contribution in [1.82, 2.24) is 20.4 Å². The number of nitrogens with zero attached hydrogens (tertiary/aromatic N) is 2. The lowest BCUT2D eigenvalue weighted by molar-refractivity contribution is 0.170. The number of hydrogen-bond acceptors (Lipinski definition) is 4. The highest BCUT2D eigenvalue weighted by molar-refractivity contribution is 5.74. The van der Waals surface area contributed by atoms with Crippen LogP contribution in [-0.2, 0) is 19.4 Å². The molecular weight excluding hydrogens is 332 g/mol. The van der Waals surface area contributed by atoms with Gasteiger partial charge in [0, 0.05) is 12.7 Å². The number of rotatable bonds is 4. The fourth-order valence-corrected chi connectivity index (χ4v) is 3.54. The number of aromatic nitrogens is 2. The van der Waals surface area contributed by atoms with Gasteiger partial charge in [0.25, 0.3) is 0 Å². The van der Waals surface area contributed by atoms with Gasteiger partial charge in [-0.25, -0.2) is 4.79 Å². The Balaban J connectivity index is 1.39. The molecule has 7 nitrogen and oxygen atoms in total. The van der Waals surface area contributed by atoms with Crippen molar-refractivity contribution in [2.45, 2.75) is 38.8 Å². The molecule has 0 unspecified atom stereocenters. The van der Waals surface area contributed by atoms with Gasteiger partial charge >= 0.3 is 6.03 Å². The van der Waals surface area contributed by atoms with Crippen LogP contribution in [0.5, 0.6) is 11.5 Å². The molecule has 0 saturated carbocycles. The Kier molecular flexibility index (Phi) is 4.44. The zero-order chi connectivity index (χ0) is 18.1.